The standard InChI is InChI=1S/C15H23NO4/c1-4-15(9-17,10-18)16-14(19)8-12-7-11(2)5-6-13(12)20-3/h5-7,17-18H,4,8-10H2,1-3H3,(H,16,19). The topological polar surface area (TPSA) is 78.8 Å². The summed E-state index contributed by atoms with van der Waals surface area (Å²) in [5, 5.41) is 21.4. The van der Waals surface area contributed by atoms with Gasteiger partial charge < -0.3 is 20.3 Å². The summed E-state index contributed by atoms with van der Waals surface area (Å²) in [6, 6.07) is 5.63. The Balaban J connectivity index is 2.83. The molecule has 1 rings (SSSR count). The van der Waals surface area contributed by atoms with Crippen LogP contribution in [0.1, 0.15) is 24.5 Å². The van der Waals surface area contributed by atoms with Crippen LogP contribution in [-0.4, -0.2) is 42.0 Å². The van der Waals surface area contributed by atoms with Gasteiger partial charge in [0.05, 0.1) is 32.3 Å². The third-order valence-electron chi connectivity index (χ3n) is 3.47. The van der Waals surface area contributed by atoms with Crippen LogP contribution in [0.3, 0.4) is 0 Å². The predicted octanol–water partition coefficient (Wildman–Crippen LogP) is 0.796. The average Bonchev–Trinajstić information content (AvgIpc) is 2.45. The van der Waals surface area contributed by atoms with Gasteiger partial charge >= 0.3 is 0 Å². The maximum absolute atomic E-state index is 12.1. The van der Waals surface area contributed by atoms with Gasteiger partial charge in [-0.25, -0.2) is 0 Å². The zero-order chi connectivity index (χ0) is 15.2. The lowest BCUT2D eigenvalue weighted by Crippen LogP contribution is -2.54. The highest BCUT2D eigenvalue weighted by molar-refractivity contribution is 5.80. The van der Waals surface area contributed by atoms with Crippen molar-refractivity contribution in [1.82, 2.24) is 5.32 Å². The quantitative estimate of drug-likeness (QED) is 0.690. The number of hydrogen-bond acceptors (Lipinski definition) is 4. The number of hydrogen-bond donors (Lipinski definition) is 3. The Labute approximate surface area is 119 Å². The molecule has 0 radical (unpaired) electrons. The molecular formula is C15H23NO4. The predicted molar refractivity (Wildman–Crippen MR) is 76.8 cm³/mol. The molecule has 0 fully saturated rings. The second-order valence-corrected chi connectivity index (χ2v) is 4.99. The minimum absolute atomic E-state index is 0.145. The molecule has 0 aliphatic carbocycles. The monoisotopic (exact) mass is 281 g/mol. The lowest BCUT2D eigenvalue weighted by molar-refractivity contribution is -0.123. The largest absolute Gasteiger partial charge is 0.496 e. The first-order valence-electron chi connectivity index (χ1n) is 6.66. The molecule has 0 saturated heterocycles. The number of carbonyl (C=O) groups is 1. The van der Waals surface area contributed by atoms with E-state index in [-0.39, 0.29) is 25.5 Å². The van der Waals surface area contributed by atoms with Gasteiger partial charge in [0.1, 0.15) is 5.75 Å². The van der Waals surface area contributed by atoms with E-state index in [1.807, 2.05) is 25.1 Å². The van der Waals surface area contributed by atoms with Crippen molar-refractivity contribution < 1.29 is 19.7 Å². The van der Waals surface area contributed by atoms with Crippen molar-refractivity contribution in [1.29, 1.82) is 0 Å². The van der Waals surface area contributed by atoms with E-state index in [9.17, 15) is 15.0 Å². The maximum Gasteiger partial charge on any atom is 0.225 e. The molecule has 5 heteroatoms. The molecule has 0 atom stereocenters. The molecule has 3 N–H and O–H groups in total. The number of carbonyl (C=O) groups excluding carboxylic acids is 1. The van der Waals surface area contributed by atoms with Gasteiger partial charge in [-0.05, 0) is 19.4 Å². The van der Waals surface area contributed by atoms with Crippen LogP contribution in [-0.2, 0) is 11.2 Å². The number of ether oxygens (including phenoxy) is 1. The average molecular weight is 281 g/mol. The molecule has 0 aliphatic rings. The van der Waals surface area contributed by atoms with Crippen molar-refractivity contribution in [3.63, 3.8) is 0 Å². The van der Waals surface area contributed by atoms with Gasteiger partial charge in [-0.3, -0.25) is 4.79 Å². The van der Waals surface area contributed by atoms with Crippen molar-refractivity contribution >= 4 is 5.91 Å². The molecule has 1 amide bonds. The number of methoxy groups -OCH3 is 1. The SMILES string of the molecule is CCC(CO)(CO)NC(=O)Cc1cc(C)ccc1OC. The summed E-state index contributed by atoms with van der Waals surface area (Å²) in [4.78, 5) is 12.1. The first-order chi connectivity index (χ1) is 9.50. The Morgan fingerprint density at radius 3 is 2.50 bits per heavy atom. The lowest BCUT2D eigenvalue weighted by atomic mass is 9.97. The van der Waals surface area contributed by atoms with Crippen LogP contribution in [0.5, 0.6) is 5.75 Å². The van der Waals surface area contributed by atoms with Crippen molar-refractivity contribution in [3.05, 3.63) is 29.3 Å². The van der Waals surface area contributed by atoms with E-state index in [0.29, 0.717) is 12.2 Å². The molecule has 20 heavy (non-hydrogen) atoms. The summed E-state index contributed by atoms with van der Waals surface area (Å²) in [6.45, 7) is 3.16. The van der Waals surface area contributed by atoms with Crippen LogP contribution >= 0.6 is 0 Å². The molecule has 1 aromatic carbocycles. The molecule has 0 saturated carbocycles. The third-order valence-corrected chi connectivity index (χ3v) is 3.47. The van der Waals surface area contributed by atoms with Crippen LogP contribution in [0.25, 0.3) is 0 Å². The van der Waals surface area contributed by atoms with E-state index in [4.69, 9.17) is 4.74 Å². The van der Waals surface area contributed by atoms with Gasteiger partial charge in [0, 0.05) is 5.56 Å². The van der Waals surface area contributed by atoms with Gasteiger partial charge in [0.15, 0.2) is 0 Å². The summed E-state index contributed by atoms with van der Waals surface area (Å²) in [5.41, 5.74) is 0.860. The van der Waals surface area contributed by atoms with E-state index in [2.05, 4.69) is 5.32 Å². The summed E-state index contributed by atoms with van der Waals surface area (Å²) in [7, 11) is 1.56. The minimum Gasteiger partial charge on any atom is -0.496 e. The Hall–Kier alpha value is -1.59. The molecule has 0 spiro atoms. The fourth-order valence-electron chi connectivity index (χ4n) is 2.00. The molecule has 0 bridgehead atoms. The zero-order valence-corrected chi connectivity index (χ0v) is 12.3. The smallest absolute Gasteiger partial charge is 0.225 e. The number of rotatable bonds is 7. The summed E-state index contributed by atoms with van der Waals surface area (Å²) < 4.78 is 5.23. The number of amides is 1. The summed E-state index contributed by atoms with van der Waals surface area (Å²) in [5.74, 6) is 0.402. The van der Waals surface area contributed by atoms with Crippen LogP contribution < -0.4 is 10.1 Å². The molecule has 0 aromatic heterocycles. The van der Waals surface area contributed by atoms with Crippen LogP contribution in [0.4, 0.5) is 0 Å². The summed E-state index contributed by atoms with van der Waals surface area (Å²) in [6.07, 6.45) is 0.600. The third kappa shape index (κ3) is 3.95. The second-order valence-electron chi connectivity index (χ2n) is 4.99. The highest BCUT2D eigenvalue weighted by atomic mass is 16.5. The molecule has 1 aromatic rings. The number of aliphatic hydroxyl groups is 2. The highest BCUT2D eigenvalue weighted by Gasteiger charge is 2.28. The van der Waals surface area contributed by atoms with Gasteiger partial charge in [0.2, 0.25) is 5.91 Å². The number of aliphatic hydroxyl groups excluding tert-OH is 2. The molecule has 0 heterocycles. The first-order valence-corrected chi connectivity index (χ1v) is 6.66. The number of nitrogens with one attached hydrogen (secondary N) is 1. The minimum atomic E-state index is -0.964. The van der Waals surface area contributed by atoms with Gasteiger partial charge in [-0.2, -0.15) is 0 Å². The lowest BCUT2D eigenvalue weighted by Gasteiger charge is -2.29. The van der Waals surface area contributed by atoms with Gasteiger partial charge in [-0.15, -0.1) is 0 Å². The van der Waals surface area contributed by atoms with Crippen LogP contribution in [0, 0.1) is 6.92 Å². The van der Waals surface area contributed by atoms with E-state index in [1.165, 1.54) is 0 Å². The summed E-state index contributed by atoms with van der Waals surface area (Å²) >= 11 is 0. The van der Waals surface area contributed by atoms with E-state index >= 15 is 0 Å². The van der Waals surface area contributed by atoms with Crippen LogP contribution in [0.2, 0.25) is 0 Å². The molecule has 5 nitrogen and oxygen atoms in total. The maximum atomic E-state index is 12.1. The molecule has 112 valence electrons. The highest BCUT2D eigenvalue weighted by Crippen LogP contribution is 2.20. The Morgan fingerprint density at radius 2 is 2.00 bits per heavy atom. The fourth-order valence-corrected chi connectivity index (χ4v) is 2.00. The molecule has 0 unspecified atom stereocenters. The second kappa shape index (κ2) is 7.26. The van der Waals surface area contributed by atoms with Crippen molar-refractivity contribution in [2.24, 2.45) is 0 Å². The number of benzene rings is 1. The van der Waals surface area contributed by atoms with E-state index in [1.54, 1.807) is 14.0 Å². The van der Waals surface area contributed by atoms with Crippen molar-refractivity contribution in [3.8, 4) is 5.75 Å². The van der Waals surface area contributed by atoms with Gasteiger partial charge in [-0.1, -0.05) is 24.6 Å². The normalized spacial score (nSPS) is 11.2. The Morgan fingerprint density at radius 1 is 1.35 bits per heavy atom. The Bertz CT molecular complexity index is 447. The van der Waals surface area contributed by atoms with E-state index in [0.717, 1.165) is 11.1 Å². The van der Waals surface area contributed by atoms with Gasteiger partial charge in [0.25, 0.3) is 0 Å². The number of aryl methyl sites for hydroxylation is 1. The van der Waals surface area contributed by atoms with Crippen LogP contribution in [0.15, 0.2) is 18.2 Å². The molecular weight excluding hydrogens is 258 g/mol. The first kappa shape index (κ1) is 16.5. The Kier molecular flexibility index (Phi) is 5.98. The van der Waals surface area contributed by atoms with Crippen molar-refractivity contribution in [2.45, 2.75) is 32.2 Å². The molecule has 0 aliphatic heterocycles. The van der Waals surface area contributed by atoms with Crippen molar-refractivity contribution in [2.75, 3.05) is 20.3 Å². The fraction of sp³-hybridized carbons (Fsp3) is 0.533. The zero-order valence-electron chi connectivity index (χ0n) is 12.3. The van der Waals surface area contributed by atoms with E-state index < -0.39 is 5.54 Å².